The quantitative estimate of drug-likeness (QED) is 0.443. The van der Waals surface area contributed by atoms with Crippen LogP contribution in [0, 0.1) is 0 Å². The molecule has 2 aromatic rings. The van der Waals surface area contributed by atoms with Gasteiger partial charge in [-0.15, -0.1) is 0 Å². The highest BCUT2D eigenvalue weighted by molar-refractivity contribution is 7.90. The molecule has 162 valence electrons. The summed E-state index contributed by atoms with van der Waals surface area (Å²) >= 11 is 0.987. The summed E-state index contributed by atoms with van der Waals surface area (Å²) in [6.07, 6.45) is -0.104. The molecule has 0 bridgehead atoms. The number of carboxylic acid groups (broad SMARTS) is 1. The minimum absolute atomic E-state index is 0.0245. The summed E-state index contributed by atoms with van der Waals surface area (Å²) in [7, 11) is -4.07. The monoisotopic (exact) mass is 458 g/mol. The lowest BCUT2D eigenvalue weighted by Gasteiger charge is -2.23. The van der Waals surface area contributed by atoms with Gasteiger partial charge in [-0.1, -0.05) is 11.3 Å². The molecule has 0 aromatic carbocycles. The van der Waals surface area contributed by atoms with Gasteiger partial charge in [0.1, 0.15) is 12.1 Å². The molecule has 0 fully saturated rings. The third-order valence-corrected chi connectivity index (χ3v) is 6.39. The maximum atomic E-state index is 13.1. The second-order valence-electron chi connectivity index (χ2n) is 6.40. The molecule has 12 nitrogen and oxygen atoms in total. The van der Waals surface area contributed by atoms with Gasteiger partial charge >= 0.3 is 12.1 Å². The van der Waals surface area contributed by atoms with Crippen molar-refractivity contribution in [3.63, 3.8) is 0 Å². The molecule has 1 aliphatic heterocycles. The molecule has 0 radical (unpaired) electrons. The average molecular weight is 458 g/mol. The molecule has 30 heavy (non-hydrogen) atoms. The summed E-state index contributed by atoms with van der Waals surface area (Å²) in [5.41, 5.74) is -1.13. The van der Waals surface area contributed by atoms with Crippen LogP contribution in [0.4, 0.5) is 4.79 Å². The summed E-state index contributed by atoms with van der Waals surface area (Å²) in [5, 5.41) is 10.7. The first kappa shape index (κ1) is 21.7. The molecule has 1 aliphatic rings. The van der Waals surface area contributed by atoms with Crippen molar-refractivity contribution in [3.8, 4) is 0 Å². The SMILES string of the molecule is CCOC(=O)CNC(=O)c1c(S(C)(=O)=O)nc2sc3c(n2c1=O)CCN(C(=O)O)C3. The smallest absolute Gasteiger partial charge is 0.407 e. The van der Waals surface area contributed by atoms with Crippen molar-refractivity contribution in [2.75, 3.05) is 26.0 Å². The second-order valence-corrected chi connectivity index (χ2v) is 9.39. The number of hydrogen-bond donors (Lipinski definition) is 2. The number of fused-ring (bicyclic) bond motifs is 3. The predicted octanol–water partition coefficient (Wildman–Crippen LogP) is -0.511. The number of thiazole rings is 1. The molecule has 0 spiro atoms. The number of nitrogens with one attached hydrogen (secondary N) is 1. The third-order valence-electron chi connectivity index (χ3n) is 4.33. The Labute approximate surface area is 174 Å². The molecule has 0 unspecified atom stereocenters. The first-order valence-electron chi connectivity index (χ1n) is 8.73. The molecule has 3 rings (SSSR count). The number of hydrogen-bond acceptors (Lipinski definition) is 9. The number of nitrogens with zero attached hydrogens (tertiary/aromatic N) is 3. The summed E-state index contributed by atoms with van der Waals surface area (Å²) in [6.45, 7) is 1.29. The highest BCUT2D eigenvalue weighted by Gasteiger charge is 2.31. The Hall–Kier alpha value is -3.00. The Morgan fingerprint density at radius 2 is 2.03 bits per heavy atom. The molecule has 2 N–H and O–H groups in total. The van der Waals surface area contributed by atoms with E-state index in [0.29, 0.717) is 10.6 Å². The average Bonchev–Trinajstić information content (AvgIpc) is 3.03. The summed E-state index contributed by atoms with van der Waals surface area (Å²) in [6, 6.07) is 0. The summed E-state index contributed by atoms with van der Waals surface area (Å²) in [4.78, 5) is 54.2. The molecular formula is C16H18N4O8S2. The van der Waals surface area contributed by atoms with Crippen molar-refractivity contribution >= 4 is 44.1 Å². The first-order valence-corrected chi connectivity index (χ1v) is 11.4. The van der Waals surface area contributed by atoms with Gasteiger partial charge in [-0.2, -0.15) is 0 Å². The standard InChI is InChI=1S/C16H18N4O8S2/c1-3-28-10(21)6-17-12(22)11-13(30(2,26)27)18-15-20(14(11)23)8-4-5-19(16(24)25)7-9(8)29-15/h3-7H2,1-2H3,(H,17,22)(H,24,25). The van der Waals surface area contributed by atoms with Gasteiger partial charge in [0.05, 0.1) is 13.2 Å². The summed E-state index contributed by atoms with van der Waals surface area (Å²) in [5.74, 6) is -1.82. The van der Waals surface area contributed by atoms with E-state index in [1.54, 1.807) is 6.92 Å². The van der Waals surface area contributed by atoms with Crippen LogP contribution in [0.3, 0.4) is 0 Å². The van der Waals surface area contributed by atoms with E-state index < -0.39 is 50.5 Å². The maximum absolute atomic E-state index is 13.1. The van der Waals surface area contributed by atoms with Gasteiger partial charge in [0.15, 0.2) is 19.8 Å². The van der Waals surface area contributed by atoms with Crippen LogP contribution in [0.5, 0.6) is 0 Å². The molecule has 2 amide bonds. The highest BCUT2D eigenvalue weighted by atomic mass is 32.2. The fourth-order valence-corrected chi connectivity index (χ4v) is 5.06. The van der Waals surface area contributed by atoms with E-state index in [4.69, 9.17) is 4.74 Å². The van der Waals surface area contributed by atoms with Crippen LogP contribution < -0.4 is 10.9 Å². The van der Waals surface area contributed by atoms with E-state index in [1.165, 1.54) is 0 Å². The normalized spacial score (nSPS) is 13.7. The van der Waals surface area contributed by atoms with Crippen LogP contribution in [0.15, 0.2) is 9.82 Å². The van der Waals surface area contributed by atoms with Gasteiger partial charge in [-0.05, 0) is 6.92 Å². The molecule has 0 saturated heterocycles. The number of carbonyl (C=O) groups is 3. The number of sulfone groups is 1. The van der Waals surface area contributed by atoms with Gasteiger partial charge in [0.25, 0.3) is 11.5 Å². The zero-order valence-corrected chi connectivity index (χ0v) is 17.6. The number of aromatic nitrogens is 2. The van der Waals surface area contributed by atoms with Crippen LogP contribution in [0.2, 0.25) is 0 Å². The van der Waals surface area contributed by atoms with E-state index in [0.717, 1.165) is 26.9 Å². The Bertz CT molecular complexity index is 1210. The predicted molar refractivity (Wildman–Crippen MR) is 104 cm³/mol. The van der Waals surface area contributed by atoms with Gasteiger partial charge in [0, 0.05) is 29.8 Å². The van der Waals surface area contributed by atoms with Gasteiger partial charge in [-0.3, -0.25) is 18.8 Å². The first-order chi connectivity index (χ1) is 14.0. The fraction of sp³-hybridized carbons (Fsp3) is 0.438. The van der Waals surface area contributed by atoms with Crippen molar-refractivity contribution in [1.82, 2.24) is 19.6 Å². The zero-order valence-electron chi connectivity index (χ0n) is 16.0. The van der Waals surface area contributed by atoms with E-state index >= 15 is 0 Å². The van der Waals surface area contributed by atoms with Crippen molar-refractivity contribution in [2.24, 2.45) is 0 Å². The fourth-order valence-electron chi connectivity index (χ4n) is 3.03. The highest BCUT2D eigenvalue weighted by Crippen LogP contribution is 2.28. The largest absolute Gasteiger partial charge is 0.465 e. The second kappa shape index (κ2) is 8.02. The van der Waals surface area contributed by atoms with Crippen LogP contribution in [0.25, 0.3) is 4.96 Å². The van der Waals surface area contributed by atoms with Crippen molar-refractivity contribution in [3.05, 3.63) is 26.5 Å². The van der Waals surface area contributed by atoms with Crippen molar-refractivity contribution in [1.29, 1.82) is 0 Å². The molecule has 0 atom stereocenters. The lowest BCUT2D eigenvalue weighted by atomic mass is 10.2. The van der Waals surface area contributed by atoms with Crippen LogP contribution >= 0.6 is 11.3 Å². The number of carbonyl (C=O) groups excluding carboxylic acids is 2. The van der Waals surface area contributed by atoms with Crippen molar-refractivity contribution < 1.29 is 32.6 Å². The van der Waals surface area contributed by atoms with Gasteiger partial charge in [0.2, 0.25) is 0 Å². The minimum atomic E-state index is -4.07. The van der Waals surface area contributed by atoms with E-state index in [1.807, 2.05) is 0 Å². The topological polar surface area (TPSA) is 164 Å². The third kappa shape index (κ3) is 4.00. The van der Waals surface area contributed by atoms with Gasteiger partial charge in [-0.25, -0.2) is 18.2 Å². The molecule has 0 aliphatic carbocycles. The molecule has 14 heteroatoms. The van der Waals surface area contributed by atoms with Crippen molar-refractivity contribution in [2.45, 2.75) is 24.9 Å². The molecular weight excluding hydrogens is 440 g/mol. The lowest BCUT2D eigenvalue weighted by Crippen LogP contribution is -2.38. The number of amides is 2. The summed E-state index contributed by atoms with van der Waals surface area (Å²) < 4.78 is 30.3. The maximum Gasteiger partial charge on any atom is 0.407 e. The Morgan fingerprint density at radius 3 is 2.63 bits per heavy atom. The van der Waals surface area contributed by atoms with Crippen LogP contribution in [-0.4, -0.2) is 71.7 Å². The van der Waals surface area contributed by atoms with Gasteiger partial charge < -0.3 is 20.1 Å². The van der Waals surface area contributed by atoms with E-state index in [2.05, 4.69) is 10.3 Å². The van der Waals surface area contributed by atoms with E-state index in [9.17, 15) is 32.7 Å². The Kier molecular flexibility index (Phi) is 5.81. The van der Waals surface area contributed by atoms with Crippen LogP contribution in [-0.2, 0) is 32.3 Å². The molecule has 2 aromatic heterocycles. The Morgan fingerprint density at radius 1 is 1.33 bits per heavy atom. The Balaban J connectivity index is 2.13. The zero-order chi connectivity index (χ0) is 22.2. The molecule has 3 heterocycles. The van der Waals surface area contributed by atoms with E-state index in [-0.39, 0.29) is 31.1 Å². The minimum Gasteiger partial charge on any atom is -0.465 e. The number of esters is 1. The number of rotatable bonds is 5. The lowest BCUT2D eigenvalue weighted by molar-refractivity contribution is -0.141. The van der Waals surface area contributed by atoms with Crippen LogP contribution in [0.1, 0.15) is 27.9 Å². The molecule has 0 saturated carbocycles. The number of ether oxygens (including phenoxy) is 1.